The van der Waals surface area contributed by atoms with Crippen molar-refractivity contribution in [2.45, 2.75) is 19.1 Å². The van der Waals surface area contributed by atoms with Crippen LogP contribution in [0.5, 0.6) is 0 Å². The molecule has 0 amide bonds. The molecule has 1 aliphatic heterocycles. The summed E-state index contributed by atoms with van der Waals surface area (Å²) in [5.74, 6) is 0.870. The van der Waals surface area contributed by atoms with E-state index < -0.39 is 0 Å². The average Bonchev–Trinajstić information content (AvgIpc) is 3.28. The normalized spacial score (nSPS) is 17.6. The SMILES string of the molecule is COC1CCCN1c1ccc(N(C)c2occ3ccccc23)cc1. The molecule has 1 saturated heterocycles. The third kappa shape index (κ3) is 2.53. The highest BCUT2D eigenvalue weighted by molar-refractivity contribution is 5.93. The maximum atomic E-state index is 5.79. The third-order valence-corrected chi connectivity index (χ3v) is 4.83. The fourth-order valence-corrected chi connectivity index (χ4v) is 3.50. The van der Waals surface area contributed by atoms with E-state index in [1.54, 1.807) is 7.11 Å². The smallest absolute Gasteiger partial charge is 0.207 e. The van der Waals surface area contributed by atoms with Crippen molar-refractivity contribution in [1.29, 1.82) is 0 Å². The molecule has 2 heterocycles. The summed E-state index contributed by atoms with van der Waals surface area (Å²) < 4.78 is 11.4. The van der Waals surface area contributed by atoms with Crippen molar-refractivity contribution in [2.24, 2.45) is 0 Å². The quantitative estimate of drug-likeness (QED) is 0.691. The lowest BCUT2D eigenvalue weighted by atomic mass is 10.2. The zero-order valence-electron chi connectivity index (χ0n) is 14.1. The summed E-state index contributed by atoms with van der Waals surface area (Å²) in [5, 5.41) is 2.25. The zero-order valence-corrected chi connectivity index (χ0v) is 14.1. The molecule has 0 saturated carbocycles. The molecule has 4 nitrogen and oxygen atoms in total. The Morgan fingerprint density at radius 3 is 2.71 bits per heavy atom. The predicted molar refractivity (Wildman–Crippen MR) is 98.1 cm³/mol. The van der Waals surface area contributed by atoms with Crippen molar-refractivity contribution in [3.8, 4) is 0 Å². The second-order valence-electron chi connectivity index (χ2n) is 6.23. The summed E-state index contributed by atoms with van der Waals surface area (Å²) in [4.78, 5) is 4.41. The average molecular weight is 322 g/mol. The van der Waals surface area contributed by atoms with E-state index in [4.69, 9.17) is 9.15 Å². The van der Waals surface area contributed by atoms with Crippen LogP contribution in [-0.2, 0) is 4.74 Å². The van der Waals surface area contributed by atoms with Crippen molar-refractivity contribution in [3.63, 3.8) is 0 Å². The molecule has 1 unspecified atom stereocenters. The lowest BCUT2D eigenvalue weighted by molar-refractivity contribution is 0.111. The topological polar surface area (TPSA) is 28.9 Å². The van der Waals surface area contributed by atoms with Gasteiger partial charge in [-0.25, -0.2) is 0 Å². The van der Waals surface area contributed by atoms with E-state index in [0.717, 1.165) is 35.3 Å². The number of benzene rings is 2. The Morgan fingerprint density at radius 1 is 1.12 bits per heavy atom. The number of hydrogen-bond acceptors (Lipinski definition) is 4. The molecule has 1 fully saturated rings. The lowest BCUT2D eigenvalue weighted by Gasteiger charge is -2.26. The first-order chi connectivity index (χ1) is 11.8. The van der Waals surface area contributed by atoms with Gasteiger partial charge in [-0.2, -0.15) is 0 Å². The summed E-state index contributed by atoms with van der Waals surface area (Å²) in [6.45, 7) is 1.05. The van der Waals surface area contributed by atoms with E-state index in [0.29, 0.717) is 0 Å². The highest BCUT2D eigenvalue weighted by Gasteiger charge is 2.24. The Kier molecular flexibility index (Phi) is 3.90. The Bertz CT molecular complexity index is 825. The van der Waals surface area contributed by atoms with Crippen LogP contribution in [0.2, 0.25) is 0 Å². The van der Waals surface area contributed by atoms with Gasteiger partial charge in [0.2, 0.25) is 5.88 Å². The summed E-state index contributed by atoms with van der Waals surface area (Å²) in [7, 11) is 3.82. The molecule has 24 heavy (non-hydrogen) atoms. The number of furan rings is 1. The number of methoxy groups -OCH3 is 1. The van der Waals surface area contributed by atoms with Crippen LogP contribution in [0.3, 0.4) is 0 Å². The van der Waals surface area contributed by atoms with E-state index in [-0.39, 0.29) is 6.23 Å². The zero-order chi connectivity index (χ0) is 16.5. The molecule has 124 valence electrons. The van der Waals surface area contributed by atoms with Gasteiger partial charge in [-0.05, 0) is 43.2 Å². The maximum Gasteiger partial charge on any atom is 0.207 e. The van der Waals surface area contributed by atoms with Crippen LogP contribution >= 0.6 is 0 Å². The van der Waals surface area contributed by atoms with Gasteiger partial charge in [-0.1, -0.05) is 18.2 Å². The molecule has 0 radical (unpaired) electrons. The molecule has 0 bridgehead atoms. The van der Waals surface area contributed by atoms with Gasteiger partial charge in [-0.15, -0.1) is 0 Å². The first-order valence-electron chi connectivity index (χ1n) is 8.37. The van der Waals surface area contributed by atoms with E-state index in [9.17, 15) is 0 Å². The van der Waals surface area contributed by atoms with Crippen LogP contribution in [0.4, 0.5) is 17.3 Å². The highest BCUT2D eigenvalue weighted by Crippen LogP contribution is 2.34. The minimum absolute atomic E-state index is 0.197. The monoisotopic (exact) mass is 322 g/mol. The van der Waals surface area contributed by atoms with E-state index in [2.05, 4.69) is 46.2 Å². The van der Waals surface area contributed by atoms with Gasteiger partial charge >= 0.3 is 0 Å². The van der Waals surface area contributed by atoms with E-state index in [1.165, 1.54) is 12.1 Å². The largest absolute Gasteiger partial charge is 0.447 e. The van der Waals surface area contributed by atoms with E-state index >= 15 is 0 Å². The van der Waals surface area contributed by atoms with Crippen LogP contribution in [-0.4, -0.2) is 26.9 Å². The number of hydrogen-bond donors (Lipinski definition) is 0. The van der Waals surface area contributed by atoms with Crippen molar-refractivity contribution >= 4 is 28.0 Å². The first kappa shape index (κ1) is 15.1. The molecule has 0 spiro atoms. The van der Waals surface area contributed by atoms with Gasteiger partial charge in [0.15, 0.2) is 0 Å². The van der Waals surface area contributed by atoms with Crippen LogP contribution in [0, 0.1) is 0 Å². The molecule has 0 aliphatic carbocycles. The van der Waals surface area contributed by atoms with Crippen molar-refractivity contribution in [3.05, 3.63) is 54.8 Å². The molecule has 4 heteroatoms. The minimum atomic E-state index is 0.197. The Balaban J connectivity index is 1.60. The van der Waals surface area contributed by atoms with Gasteiger partial charge in [0, 0.05) is 42.8 Å². The molecule has 0 N–H and O–H groups in total. The molecule has 2 aromatic carbocycles. The fourth-order valence-electron chi connectivity index (χ4n) is 3.50. The second-order valence-corrected chi connectivity index (χ2v) is 6.23. The van der Waals surface area contributed by atoms with Crippen molar-refractivity contribution in [1.82, 2.24) is 0 Å². The molecular formula is C20H22N2O2. The number of ether oxygens (including phenoxy) is 1. The third-order valence-electron chi connectivity index (χ3n) is 4.83. The van der Waals surface area contributed by atoms with Crippen molar-refractivity contribution < 1.29 is 9.15 Å². The van der Waals surface area contributed by atoms with E-state index in [1.807, 2.05) is 25.4 Å². The second kappa shape index (κ2) is 6.21. The van der Waals surface area contributed by atoms with Crippen LogP contribution < -0.4 is 9.80 Å². The number of nitrogens with zero attached hydrogens (tertiary/aromatic N) is 2. The fraction of sp³-hybridized carbons (Fsp3) is 0.300. The van der Waals surface area contributed by atoms with Crippen LogP contribution in [0.25, 0.3) is 10.8 Å². The van der Waals surface area contributed by atoms with Gasteiger partial charge in [0.25, 0.3) is 0 Å². The Labute approximate surface area is 142 Å². The van der Waals surface area contributed by atoms with Gasteiger partial charge < -0.3 is 19.0 Å². The summed E-state index contributed by atoms with van der Waals surface area (Å²) in [6.07, 6.45) is 4.28. The lowest BCUT2D eigenvalue weighted by Crippen LogP contribution is -2.30. The summed E-state index contributed by atoms with van der Waals surface area (Å²) >= 11 is 0. The molecule has 1 atom stereocenters. The number of rotatable bonds is 4. The van der Waals surface area contributed by atoms with Crippen LogP contribution in [0.1, 0.15) is 12.8 Å². The first-order valence-corrected chi connectivity index (χ1v) is 8.37. The summed E-state index contributed by atoms with van der Waals surface area (Å²) in [6, 6.07) is 16.8. The highest BCUT2D eigenvalue weighted by atomic mass is 16.5. The van der Waals surface area contributed by atoms with Gasteiger partial charge in [-0.3, -0.25) is 0 Å². The number of fused-ring (bicyclic) bond motifs is 1. The molecule has 1 aromatic heterocycles. The molecule has 1 aliphatic rings. The predicted octanol–water partition coefficient (Wildman–Crippen LogP) is 4.77. The maximum absolute atomic E-state index is 5.79. The summed E-state index contributed by atoms with van der Waals surface area (Å²) in [5.41, 5.74) is 2.31. The molecular weight excluding hydrogens is 300 g/mol. The minimum Gasteiger partial charge on any atom is -0.447 e. The standard InChI is InChI=1S/C20H22N2O2/c1-21(20-18-7-4-3-6-15(18)14-24-20)16-9-11-17(12-10-16)22-13-5-8-19(22)23-2/h3-4,6-7,9-12,14,19H,5,8,13H2,1-2H3. The Morgan fingerprint density at radius 2 is 1.92 bits per heavy atom. The van der Waals surface area contributed by atoms with Crippen molar-refractivity contribution in [2.75, 3.05) is 30.5 Å². The number of anilines is 3. The Hall–Kier alpha value is -2.46. The molecule has 3 aromatic rings. The molecule has 4 rings (SSSR count). The van der Waals surface area contributed by atoms with Gasteiger partial charge in [0.05, 0.1) is 0 Å². The van der Waals surface area contributed by atoms with Crippen LogP contribution in [0.15, 0.2) is 59.2 Å². The van der Waals surface area contributed by atoms with Gasteiger partial charge in [0.1, 0.15) is 12.5 Å².